The minimum Gasteiger partial charge on any atom is -0.273 e. The lowest BCUT2D eigenvalue weighted by atomic mass is 9.93. The van der Waals surface area contributed by atoms with E-state index >= 15 is 0 Å². The standard InChI is InChI=1S/C23H14BrCl2N3O2/c24-14-8-6-13(7-9-14)20-19-21(29(27-20)17-4-2-1-3-5-17)23(31)28(22(19)30)18-11-15(25)10-16(26)12-18/h1-12,19,21H/t19-,21+/m0/s1. The summed E-state index contributed by atoms with van der Waals surface area (Å²) < 4.78 is 0.912. The summed E-state index contributed by atoms with van der Waals surface area (Å²) >= 11 is 15.7. The van der Waals surface area contributed by atoms with E-state index in [0.29, 0.717) is 21.4 Å². The van der Waals surface area contributed by atoms with Gasteiger partial charge >= 0.3 is 0 Å². The second-order valence-electron chi connectivity index (χ2n) is 7.23. The first-order valence-corrected chi connectivity index (χ1v) is 11.0. The summed E-state index contributed by atoms with van der Waals surface area (Å²) in [5.74, 6) is -1.46. The van der Waals surface area contributed by atoms with Crippen LogP contribution in [0.25, 0.3) is 0 Å². The average Bonchev–Trinajstić information content (AvgIpc) is 3.25. The third-order valence-electron chi connectivity index (χ3n) is 5.32. The van der Waals surface area contributed by atoms with Crippen molar-refractivity contribution in [2.75, 3.05) is 9.91 Å². The van der Waals surface area contributed by atoms with Crippen LogP contribution in [0.5, 0.6) is 0 Å². The first kappa shape index (κ1) is 20.2. The number of halogens is 3. The monoisotopic (exact) mass is 513 g/mol. The predicted octanol–water partition coefficient (Wildman–Crippen LogP) is 5.54. The van der Waals surface area contributed by atoms with Crippen LogP contribution in [0, 0.1) is 5.92 Å². The van der Waals surface area contributed by atoms with E-state index in [2.05, 4.69) is 15.9 Å². The lowest BCUT2D eigenvalue weighted by Crippen LogP contribution is -2.39. The molecule has 31 heavy (non-hydrogen) atoms. The molecule has 2 aliphatic rings. The van der Waals surface area contributed by atoms with Gasteiger partial charge in [0.25, 0.3) is 5.91 Å². The summed E-state index contributed by atoms with van der Waals surface area (Å²) in [5, 5.41) is 7.05. The number of imide groups is 1. The van der Waals surface area contributed by atoms with E-state index in [1.807, 2.05) is 54.6 Å². The highest BCUT2D eigenvalue weighted by Gasteiger charge is 2.57. The summed E-state index contributed by atoms with van der Waals surface area (Å²) in [7, 11) is 0. The molecule has 1 saturated heterocycles. The summed E-state index contributed by atoms with van der Waals surface area (Å²) in [4.78, 5) is 28.2. The molecule has 0 aromatic heterocycles. The van der Waals surface area contributed by atoms with E-state index in [4.69, 9.17) is 28.3 Å². The maximum absolute atomic E-state index is 13.6. The van der Waals surface area contributed by atoms with E-state index < -0.39 is 12.0 Å². The molecular weight excluding hydrogens is 501 g/mol. The van der Waals surface area contributed by atoms with Crippen LogP contribution in [0.2, 0.25) is 10.0 Å². The van der Waals surface area contributed by atoms with E-state index in [1.54, 1.807) is 23.2 Å². The number of para-hydroxylation sites is 1. The van der Waals surface area contributed by atoms with Gasteiger partial charge in [0, 0.05) is 14.5 Å². The van der Waals surface area contributed by atoms with Crippen molar-refractivity contribution in [3.05, 3.63) is 92.9 Å². The maximum atomic E-state index is 13.6. The number of hydrogen-bond acceptors (Lipinski definition) is 4. The highest BCUT2D eigenvalue weighted by atomic mass is 79.9. The molecule has 154 valence electrons. The van der Waals surface area contributed by atoms with E-state index in [1.165, 1.54) is 0 Å². The van der Waals surface area contributed by atoms with E-state index in [9.17, 15) is 9.59 Å². The summed E-state index contributed by atoms with van der Waals surface area (Å²) in [6.45, 7) is 0. The zero-order valence-electron chi connectivity index (χ0n) is 15.9. The summed E-state index contributed by atoms with van der Waals surface area (Å²) in [5.41, 5.74) is 2.42. The Labute approximate surface area is 197 Å². The fourth-order valence-corrected chi connectivity index (χ4v) is 4.77. The zero-order valence-corrected chi connectivity index (χ0v) is 19.0. The molecule has 1 fully saturated rings. The number of hydrogen-bond donors (Lipinski definition) is 0. The Kier molecular flexibility index (Phi) is 5.08. The minimum absolute atomic E-state index is 0.349. The Bertz CT molecular complexity index is 1210. The number of hydrazone groups is 1. The molecule has 0 aliphatic carbocycles. The molecule has 2 heterocycles. The molecular formula is C23H14BrCl2N3O2. The van der Waals surface area contributed by atoms with Gasteiger partial charge in [0.15, 0.2) is 0 Å². The van der Waals surface area contributed by atoms with Gasteiger partial charge < -0.3 is 0 Å². The summed E-state index contributed by atoms with van der Waals surface area (Å²) in [6, 6.07) is 20.8. The van der Waals surface area contributed by atoms with Gasteiger partial charge in [-0.3, -0.25) is 14.6 Å². The fraction of sp³-hybridized carbons (Fsp3) is 0.0870. The normalized spacial score (nSPS) is 20.3. The Hall–Kier alpha value is -2.67. The molecule has 3 aromatic carbocycles. The van der Waals surface area contributed by atoms with Crippen LogP contribution in [0.1, 0.15) is 5.56 Å². The predicted molar refractivity (Wildman–Crippen MR) is 126 cm³/mol. The smallest absolute Gasteiger partial charge is 0.259 e. The van der Waals surface area contributed by atoms with Crippen LogP contribution in [-0.4, -0.2) is 23.6 Å². The Morgan fingerprint density at radius 2 is 1.45 bits per heavy atom. The van der Waals surface area contributed by atoms with Crippen LogP contribution in [0.4, 0.5) is 11.4 Å². The lowest BCUT2D eigenvalue weighted by Gasteiger charge is -2.22. The molecule has 5 rings (SSSR count). The van der Waals surface area contributed by atoms with Crippen LogP contribution in [0.3, 0.4) is 0 Å². The van der Waals surface area contributed by atoms with E-state index in [0.717, 1.165) is 20.6 Å². The van der Waals surface area contributed by atoms with Crippen molar-refractivity contribution in [1.82, 2.24) is 0 Å². The molecule has 2 aliphatic heterocycles. The second-order valence-corrected chi connectivity index (χ2v) is 9.02. The highest BCUT2D eigenvalue weighted by Crippen LogP contribution is 2.40. The van der Waals surface area contributed by atoms with Gasteiger partial charge in [0.05, 0.1) is 17.1 Å². The molecule has 0 radical (unpaired) electrons. The minimum atomic E-state index is -0.786. The number of amides is 2. The number of rotatable bonds is 3. The second kappa shape index (κ2) is 7.79. The van der Waals surface area contributed by atoms with Gasteiger partial charge in [0.1, 0.15) is 12.0 Å². The third-order valence-corrected chi connectivity index (χ3v) is 6.28. The molecule has 2 amide bonds. The first-order chi connectivity index (χ1) is 14.9. The maximum Gasteiger partial charge on any atom is 0.259 e. The molecule has 0 unspecified atom stereocenters. The van der Waals surface area contributed by atoms with Crippen LogP contribution < -0.4 is 9.91 Å². The number of anilines is 2. The first-order valence-electron chi connectivity index (χ1n) is 9.46. The number of carbonyl (C=O) groups is 2. The SMILES string of the molecule is O=C1[C@H]2C(c3ccc(Br)cc3)=NN(c3ccccc3)[C@H]2C(=O)N1c1cc(Cl)cc(Cl)c1. The molecule has 0 spiro atoms. The van der Waals surface area contributed by atoms with Crippen molar-refractivity contribution in [3.63, 3.8) is 0 Å². The number of carbonyl (C=O) groups excluding carboxylic acids is 2. The Morgan fingerprint density at radius 1 is 0.806 bits per heavy atom. The topological polar surface area (TPSA) is 53.0 Å². The highest BCUT2D eigenvalue weighted by molar-refractivity contribution is 9.10. The number of nitrogens with zero attached hydrogens (tertiary/aromatic N) is 3. The molecule has 5 nitrogen and oxygen atoms in total. The van der Waals surface area contributed by atoms with Crippen molar-refractivity contribution in [1.29, 1.82) is 0 Å². The molecule has 2 atom stereocenters. The van der Waals surface area contributed by atoms with Crippen molar-refractivity contribution in [2.24, 2.45) is 11.0 Å². The van der Waals surface area contributed by atoms with Gasteiger partial charge in [-0.05, 0) is 48.0 Å². The molecule has 0 saturated carbocycles. The van der Waals surface area contributed by atoms with Crippen molar-refractivity contribution >= 4 is 68.0 Å². The fourth-order valence-electron chi connectivity index (χ4n) is 3.99. The van der Waals surface area contributed by atoms with Crippen molar-refractivity contribution in [3.8, 4) is 0 Å². The average molecular weight is 515 g/mol. The number of benzene rings is 3. The van der Waals surface area contributed by atoms with E-state index in [-0.39, 0.29) is 11.8 Å². The zero-order chi connectivity index (χ0) is 21.7. The quantitative estimate of drug-likeness (QED) is 0.431. The lowest BCUT2D eigenvalue weighted by molar-refractivity contribution is -0.121. The van der Waals surface area contributed by atoms with Gasteiger partial charge in [0.2, 0.25) is 5.91 Å². The number of fused-ring (bicyclic) bond motifs is 1. The van der Waals surface area contributed by atoms with Crippen LogP contribution >= 0.6 is 39.1 Å². The molecule has 8 heteroatoms. The largest absolute Gasteiger partial charge is 0.273 e. The van der Waals surface area contributed by atoms with Crippen molar-refractivity contribution in [2.45, 2.75) is 6.04 Å². The van der Waals surface area contributed by atoms with Crippen LogP contribution in [-0.2, 0) is 9.59 Å². The Morgan fingerprint density at radius 3 is 2.10 bits per heavy atom. The van der Waals surface area contributed by atoms with Gasteiger partial charge in [-0.2, -0.15) is 5.10 Å². The molecule has 3 aromatic rings. The van der Waals surface area contributed by atoms with Gasteiger partial charge in [-0.25, -0.2) is 4.90 Å². The summed E-state index contributed by atoms with van der Waals surface area (Å²) in [6.07, 6.45) is 0. The van der Waals surface area contributed by atoms with Crippen LogP contribution in [0.15, 0.2) is 82.4 Å². The van der Waals surface area contributed by atoms with Gasteiger partial charge in [-0.15, -0.1) is 0 Å². The third kappa shape index (κ3) is 3.45. The Balaban J connectivity index is 1.64. The molecule has 0 N–H and O–H groups in total. The van der Waals surface area contributed by atoms with Gasteiger partial charge in [-0.1, -0.05) is 69.5 Å². The van der Waals surface area contributed by atoms with Crippen molar-refractivity contribution < 1.29 is 9.59 Å². The molecule has 0 bridgehead atoms.